The Kier molecular flexibility index (Phi) is 4.17. The van der Waals surface area contributed by atoms with Gasteiger partial charge in [-0.25, -0.2) is 9.59 Å². The highest BCUT2D eigenvalue weighted by molar-refractivity contribution is 9.10. The summed E-state index contributed by atoms with van der Waals surface area (Å²) in [5, 5.41) is 0. The minimum absolute atomic E-state index is 0.111. The Morgan fingerprint density at radius 1 is 1.47 bits per heavy atom. The van der Waals surface area contributed by atoms with Crippen molar-refractivity contribution in [3.8, 4) is 0 Å². The number of nitrogens with zero attached hydrogens (tertiary/aromatic N) is 1. The van der Waals surface area contributed by atoms with Gasteiger partial charge in [0.25, 0.3) is 16.1 Å². The highest BCUT2D eigenvalue weighted by Gasteiger charge is 2.25. The zero-order valence-corrected chi connectivity index (χ0v) is 10.9. The van der Waals surface area contributed by atoms with Crippen molar-refractivity contribution in [2.45, 2.75) is 4.90 Å². The van der Waals surface area contributed by atoms with Gasteiger partial charge in [-0.1, -0.05) is 10.5 Å². The molecule has 1 aromatic carbocycles. The van der Waals surface area contributed by atoms with E-state index in [0.717, 1.165) is 13.2 Å². The molecule has 0 aliphatic heterocycles. The molecular weight excluding hydrogens is 314 g/mol. The van der Waals surface area contributed by atoms with Crippen molar-refractivity contribution in [1.29, 1.82) is 0 Å². The quantitative estimate of drug-likeness (QED) is 0.475. The number of benzene rings is 1. The van der Waals surface area contributed by atoms with E-state index in [1.807, 2.05) is 0 Å². The fourth-order valence-electron chi connectivity index (χ4n) is 1.14. The van der Waals surface area contributed by atoms with Crippen molar-refractivity contribution >= 4 is 38.0 Å². The van der Waals surface area contributed by atoms with E-state index in [1.165, 1.54) is 18.2 Å². The van der Waals surface area contributed by atoms with Gasteiger partial charge in [0.1, 0.15) is 4.90 Å². The summed E-state index contributed by atoms with van der Waals surface area (Å²) in [6.45, 7) is 0. The molecule has 0 N–H and O–H groups in total. The maximum atomic E-state index is 11.6. The Morgan fingerprint density at radius 2 is 2.12 bits per heavy atom. The van der Waals surface area contributed by atoms with Gasteiger partial charge in [-0.3, -0.25) is 0 Å². The third kappa shape index (κ3) is 2.79. The van der Waals surface area contributed by atoms with E-state index in [2.05, 4.69) is 25.1 Å². The lowest BCUT2D eigenvalue weighted by Gasteiger charge is -2.06. The normalized spacial score (nSPS) is 10.5. The van der Waals surface area contributed by atoms with Crippen molar-refractivity contribution in [2.75, 3.05) is 7.11 Å². The number of sulfonamides is 1. The fourth-order valence-corrected chi connectivity index (χ4v) is 3.05. The van der Waals surface area contributed by atoms with Gasteiger partial charge in [-0.05, 0) is 28.1 Å². The third-order valence-corrected chi connectivity index (χ3v) is 3.98. The Bertz CT molecular complexity index is 604. The molecule has 0 aromatic heterocycles. The van der Waals surface area contributed by atoms with Crippen LogP contribution in [0.4, 0.5) is 0 Å². The first-order valence-corrected chi connectivity index (χ1v) is 6.38. The summed E-state index contributed by atoms with van der Waals surface area (Å²) < 4.78 is 30.5. The molecule has 0 radical (unpaired) electrons. The molecule has 6 nitrogen and oxygen atoms in total. The van der Waals surface area contributed by atoms with E-state index in [1.54, 1.807) is 0 Å². The molecule has 1 aromatic rings. The number of esters is 1. The van der Waals surface area contributed by atoms with E-state index in [0.29, 0.717) is 0 Å². The molecule has 0 saturated heterocycles. The van der Waals surface area contributed by atoms with E-state index >= 15 is 0 Å². The fraction of sp³-hybridized carbons (Fsp3) is 0.111. The van der Waals surface area contributed by atoms with Gasteiger partial charge in [0, 0.05) is 4.47 Å². The summed E-state index contributed by atoms with van der Waals surface area (Å²) in [5.74, 6) is -0.842. The maximum Gasteiger partial charge on any atom is 0.339 e. The zero-order valence-electron chi connectivity index (χ0n) is 8.51. The smallest absolute Gasteiger partial charge is 0.339 e. The predicted molar refractivity (Wildman–Crippen MR) is 60.8 cm³/mol. The van der Waals surface area contributed by atoms with Crippen molar-refractivity contribution in [1.82, 2.24) is 0 Å². The van der Waals surface area contributed by atoms with E-state index in [-0.39, 0.29) is 10.0 Å². The highest BCUT2D eigenvalue weighted by Crippen LogP contribution is 2.27. The first kappa shape index (κ1) is 13.6. The molecule has 0 heterocycles. The van der Waals surface area contributed by atoms with Crippen molar-refractivity contribution in [3.63, 3.8) is 0 Å². The molecule has 8 heteroatoms. The third-order valence-electron chi connectivity index (χ3n) is 1.79. The number of ether oxygens (including phenoxy) is 1. The molecule has 17 heavy (non-hydrogen) atoms. The lowest BCUT2D eigenvalue weighted by molar-refractivity contribution is 0.0596. The number of methoxy groups -OCH3 is 1. The second-order valence-corrected chi connectivity index (χ2v) is 5.16. The largest absolute Gasteiger partial charge is 0.465 e. The summed E-state index contributed by atoms with van der Waals surface area (Å²) in [6, 6.07) is 4.11. The summed E-state index contributed by atoms with van der Waals surface area (Å²) in [7, 11) is -3.16. The van der Waals surface area contributed by atoms with Gasteiger partial charge in [0.05, 0.1) is 12.7 Å². The number of hydrogen-bond donors (Lipinski definition) is 0. The molecule has 0 fully saturated rings. The molecule has 0 aliphatic carbocycles. The summed E-state index contributed by atoms with van der Waals surface area (Å²) in [4.78, 5) is 21.0. The number of hydrogen-bond acceptors (Lipinski definition) is 5. The molecule has 0 unspecified atom stereocenters. The first-order chi connectivity index (χ1) is 7.94. The Morgan fingerprint density at radius 3 is 2.65 bits per heavy atom. The van der Waals surface area contributed by atoms with Crippen molar-refractivity contribution < 1.29 is 22.7 Å². The molecule has 0 atom stereocenters. The van der Waals surface area contributed by atoms with Crippen LogP contribution in [-0.2, 0) is 19.6 Å². The standard InChI is InChI=1S/C9H6BrNO5S/c1-16-9(13)6-3-2-4-7(10)8(6)17(14,15)11-5-12/h2-4H,1H3. The molecule has 0 bridgehead atoms. The van der Waals surface area contributed by atoms with Gasteiger partial charge in [0.2, 0.25) is 0 Å². The topological polar surface area (TPSA) is 89.9 Å². The van der Waals surface area contributed by atoms with Crippen LogP contribution in [0.5, 0.6) is 0 Å². The number of carbonyl (C=O) groups excluding carboxylic acids is 2. The lowest BCUT2D eigenvalue weighted by Crippen LogP contribution is -2.10. The van der Waals surface area contributed by atoms with Crippen LogP contribution in [-0.4, -0.2) is 27.6 Å². The van der Waals surface area contributed by atoms with Crippen LogP contribution in [0.1, 0.15) is 10.4 Å². The van der Waals surface area contributed by atoms with Crippen LogP contribution in [0.3, 0.4) is 0 Å². The van der Waals surface area contributed by atoms with Gasteiger partial charge in [-0.15, -0.1) is 0 Å². The van der Waals surface area contributed by atoms with Crippen molar-refractivity contribution in [2.24, 2.45) is 4.40 Å². The molecule has 90 valence electrons. The molecule has 0 spiro atoms. The number of isocyanates is 1. The second kappa shape index (κ2) is 5.22. The van der Waals surface area contributed by atoms with E-state index in [9.17, 15) is 18.0 Å². The number of halogens is 1. The Labute approximate surface area is 105 Å². The SMILES string of the molecule is COC(=O)c1cccc(Br)c1S(=O)(=O)N=C=O. The Balaban J connectivity index is 3.63. The number of rotatable bonds is 3. The molecule has 0 amide bonds. The summed E-state index contributed by atoms with van der Waals surface area (Å²) in [6.07, 6.45) is 0.932. The lowest BCUT2D eigenvalue weighted by atomic mass is 10.2. The second-order valence-electron chi connectivity index (χ2n) is 2.77. The van der Waals surface area contributed by atoms with Gasteiger partial charge >= 0.3 is 5.97 Å². The van der Waals surface area contributed by atoms with Crippen LogP contribution in [0, 0.1) is 0 Å². The van der Waals surface area contributed by atoms with Crippen LogP contribution >= 0.6 is 15.9 Å². The van der Waals surface area contributed by atoms with Gasteiger partial charge in [0.15, 0.2) is 0 Å². The maximum absolute atomic E-state index is 11.6. The van der Waals surface area contributed by atoms with E-state index < -0.39 is 20.9 Å². The monoisotopic (exact) mass is 319 g/mol. The summed E-state index contributed by atoms with van der Waals surface area (Å²) in [5.41, 5.74) is -0.208. The average molecular weight is 320 g/mol. The minimum Gasteiger partial charge on any atom is -0.465 e. The van der Waals surface area contributed by atoms with Crippen LogP contribution in [0.2, 0.25) is 0 Å². The zero-order chi connectivity index (χ0) is 13.1. The average Bonchev–Trinajstić information content (AvgIpc) is 2.27. The minimum atomic E-state index is -4.27. The van der Waals surface area contributed by atoms with Gasteiger partial charge < -0.3 is 4.74 Å². The van der Waals surface area contributed by atoms with Crippen molar-refractivity contribution in [3.05, 3.63) is 28.2 Å². The van der Waals surface area contributed by atoms with Gasteiger partial charge in [-0.2, -0.15) is 8.42 Å². The highest BCUT2D eigenvalue weighted by atomic mass is 79.9. The van der Waals surface area contributed by atoms with Crippen LogP contribution < -0.4 is 0 Å². The van der Waals surface area contributed by atoms with Crippen LogP contribution in [0.15, 0.2) is 32.0 Å². The molecule has 1 rings (SSSR count). The Hall–Kier alpha value is -1.50. The van der Waals surface area contributed by atoms with Crippen LogP contribution in [0.25, 0.3) is 0 Å². The van der Waals surface area contributed by atoms with E-state index in [4.69, 9.17) is 0 Å². The number of carbonyl (C=O) groups is 1. The molecule has 0 saturated carbocycles. The molecular formula is C9H6BrNO5S. The predicted octanol–water partition coefficient (Wildman–Crippen LogP) is 1.26. The summed E-state index contributed by atoms with van der Waals surface area (Å²) >= 11 is 2.97. The first-order valence-electron chi connectivity index (χ1n) is 4.15. The molecule has 0 aliphatic rings.